The molecule has 0 spiro atoms. The number of aromatic nitrogens is 1. The molecule has 3 heterocycles. The maximum Gasteiger partial charge on any atom is 0.186 e. The molecule has 10 atom stereocenters. The smallest absolute Gasteiger partial charge is 0.186 e. The number of phenols is 2. The van der Waals surface area contributed by atoms with Gasteiger partial charge in [0.15, 0.2) is 35.6 Å². The van der Waals surface area contributed by atoms with Gasteiger partial charge in [0.05, 0.1) is 36.6 Å². The Labute approximate surface area is 498 Å². The third kappa shape index (κ3) is 11.4. The largest absolute Gasteiger partial charge is 0.508 e. The van der Waals surface area contributed by atoms with Crippen LogP contribution in [-0.2, 0) is 41.4 Å². The summed E-state index contributed by atoms with van der Waals surface area (Å²) in [5.41, 5.74) is 5.69. The van der Waals surface area contributed by atoms with Crippen LogP contribution in [0.2, 0.25) is 0 Å². The van der Waals surface area contributed by atoms with E-state index in [0.29, 0.717) is 53.6 Å². The molecule has 0 saturated heterocycles. The van der Waals surface area contributed by atoms with Crippen molar-refractivity contribution in [3.05, 3.63) is 147 Å². The number of rotatable bonds is 11. The van der Waals surface area contributed by atoms with Crippen molar-refractivity contribution in [3.63, 3.8) is 0 Å². The summed E-state index contributed by atoms with van der Waals surface area (Å²) >= 11 is 0. The first-order chi connectivity index (χ1) is 39.9. The van der Waals surface area contributed by atoms with Gasteiger partial charge in [-0.3, -0.25) is 4.79 Å². The maximum atomic E-state index is 17.6. The van der Waals surface area contributed by atoms with E-state index < -0.39 is 53.6 Å². The number of hydrogen-bond donors (Lipinski definition) is 8. The van der Waals surface area contributed by atoms with Crippen LogP contribution >= 0.6 is 43.2 Å². The Morgan fingerprint density at radius 1 is 0.841 bits per heavy atom. The number of ether oxygens (including phenoxy) is 3. The van der Waals surface area contributed by atoms with E-state index >= 15 is 4.79 Å². The summed E-state index contributed by atoms with van der Waals surface area (Å²) in [4.78, 5) is 20.8. The van der Waals surface area contributed by atoms with Gasteiger partial charge in [-0.2, -0.15) is 0 Å². The minimum atomic E-state index is -1.74. The van der Waals surface area contributed by atoms with Crippen molar-refractivity contribution < 1.29 is 49.6 Å². The predicted octanol–water partition coefficient (Wildman–Crippen LogP) is 12.3. The van der Waals surface area contributed by atoms with Crippen LogP contribution in [0.15, 0.2) is 97.3 Å². The van der Waals surface area contributed by atoms with Gasteiger partial charge in [0, 0.05) is 64.9 Å². The van der Waals surface area contributed by atoms with Crippen LogP contribution in [-0.4, -0.2) is 105 Å². The van der Waals surface area contributed by atoms with Gasteiger partial charge in [-0.25, -0.2) is 0 Å². The lowest BCUT2D eigenvalue weighted by atomic mass is 9.52. The molecular formula is C66H80N2O10S4. The zero-order valence-electron chi connectivity index (χ0n) is 47.3. The number of carbonyl (C=O) groups is 1. The number of aryl methyl sites for hydroxylation is 1. The van der Waals surface area contributed by atoms with E-state index in [9.17, 15) is 30.6 Å². The molecule has 438 valence electrons. The third-order valence-electron chi connectivity index (χ3n) is 19.3. The summed E-state index contributed by atoms with van der Waals surface area (Å²) in [5, 5.41) is 78.8. The van der Waals surface area contributed by atoms with Crippen molar-refractivity contribution in [1.82, 2.24) is 10.3 Å². The number of aromatic hydroxyl groups is 2. The fraction of sp³-hybridized carbons (Fsp3) is 0.500. The fourth-order valence-corrected chi connectivity index (χ4v) is 20.8. The molecule has 0 unspecified atom stereocenters. The number of benzene rings is 5. The topological polar surface area (TPSA) is 194 Å². The Hall–Kier alpha value is -4.49. The molecule has 0 amide bonds. The minimum Gasteiger partial charge on any atom is -0.508 e. The number of fused-ring (bicyclic) bond motifs is 5. The number of aromatic amines is 1. The van der Waals surface area contributed by atoms with E-state index in [1.807, 2.05) is 61.9 Å². The molecular weight excluding hydrogens is 1110 g/mol. The fourth-order valence-electron chi connectivity index (χ4n) is 15.1. The average molecular weight is 1190 g/mol. The second kappa shape index (κ2) is 26.0. The van der Waals surface area contributed by atoms with Gasteiger partial charge in [0.25, 0.3) is 0 Å². The number of hydrogen-bond acceptors (Lipinski definition) is 15. The molecule has 5 aliphatic rings. The average Bonchev–Trinajstić information content (AvgIpc) is 1.28. The summed E-state index contributed by atoms with van der Waals surface area (Å²) in [7, 11) is 10.1. The third-order valence-corrected chi connectivity index (χ3v) is 24.7. The number of methoxy groups -OCH3 is 1. The van der Waals surface area contributed by atoms with Gasteiger partial charge in [0.2, 0.25) is 0 Å². The molecule has 3 aliphatic carbocycles. The van der Waals surface area contributed by atoms with E-state index in [0.717, 1.165) is 125 Å². The van der Waals surface area contributed by atoms with Crippen molar-refractivity contribution >= 4 is 59.7 Å². The Balaban J connectivity index is 1.13. The molecule has 11 rings (SSSR count). The van der Waals surface area contributed by atoms with Crippen molar-refractivity contribution in [2.75, 3.05) is 44.8 Å². The predicted molar refractivity (Wildman–Crippen MR) is 333 cm³/mol. The van der Waals surface area contributed by atoms with Gasteiger partial charge in [0.1, 0.15) is 11.9 Å². The molecule has 5 aromatic carbocycles. The van der Waals surface area contributed by atoms with Crippen LogP contribution in [0.25, 0.3) is 10.8 Å². The highest BCUT2D eigenvalue weighted by molar-refractivity contribution is 8.77. The van der Waals surface area contributed by atoms with Crippen LogP contribution in [0.1, 0.15) is 132 Å². The Morgan fingerprint density at radius 3 is 2.41 bits per heavy atom. The second-order valence-electron chi connectivity index (χ2n) is 23.6. The number of Topliss-reactive ketones (excluding diaryl/α,β-unsaturated/α-hetero) is 1. The number of nitrogens with one attached hydrogen (secondary N) is 2. The second-order valence-corrected chi connectivity index (χ2v) is 28.8. The van der Waals surface area contributed by atoms with Crippen molar-refractivity contribution in [3.8, 4) is 28.7 Å². The number of carbonyl (C=O) groups excluding carboxylic acids is 1. The number of ketones is 1. The lowest BCUT2D eigenvalue weighted by Gasteiger charge is -2.53. The zero-order chi connectivity index (χ0) is 57.1. The summed E-state index contributed by atoms with van der Waals surface area (Å²) in [6.45, 7) is 1.43. The first-order valence-corrected chi connectivity index (χ1v) is 34.5. The van der Waals surface area contributed by atoms with Gasteiger partial charge >= 0.3 is 0 Å². The lowest BCUT2D eigenvalue weighted by molar-refractivity contribution is -0.150. The van der Waals surface area contributed by atoms with Gasteiger partial charge in [-0.15, -0.1) is 0 Å². The van der Waals surface area contributed by atoms with E-state index in [4.69, 9.17) is 14.2 Å². The standard InChI is InChI=1S/C66H80N2O10S4/c1-4-40-15-16-41-12-10-13-50-58(34-69)82-81-36-46-28-59(73)66(48-29-47(30-49(71)31-48)65(67-2)22-8-5-9-23-65,53-37-80-79-35-44-11-6-7-14-55(44)78-57-27-43(53)18-20-56(57)77-38-70)64(75)61(46)62(74)45(25-39-21-24-68-33-39)26-42-17-19-54(72)63(76-3)52(42)32-51(40)60(41)50/h10,12-13,15-21,24,27,29-31,33,44-46,53,55,58-59,61-62,67-74H,4-9,11,14,22-23,25-26,28,32,34-38H2,1-3H3/t44-,45-,46+,53+,55+,58+,59+,61-,62+,66-/m1/s1. The molecule has 16 heteroatoms. The maximum absolute atomic E-state index is 17.6. The molecule has 8 N–H and O–H groups in total. The molecule has 1 aromatic heterocycles. The summed E-state index contributed by atoms with van der Waals surface area (Å²) in [6, 6.07) is 27.5. The minimum absolute atomic E-state index is 0.00121. The van der Waals surface area contributed by atoms with Crippen LogP contribution in [0.4, 0.5) is 0 Å². The van der Waals surface area contributed by atoms with E-state index in [1.54, 1.807) is 62.4 Å². The normalized spacial score (nSPS) is 28.0. The lowest BCUT2D eigenvalue weighted by Crippen LogP contribution is -2.62. The van der Waals surface area contributed by atoms with E-state index in [-0.39, 0.29) is 47.6 Å². The Kier molecular flexibility index (Phi) is 18.8. The van der Waals surface area contributed by atoms with E-state index in [1.165, 1.54) is 0 Å². The zero-order valence-corrected chi connectivity index (χ0v) is 50.6. The first-order valence-electron chi connectivity index (χ1n) is 29.6. The molecule has 3 fully saturated rings. The SMILES string of the molecule is CCc1ccc2cccc3c2c1Cc1c(ccc(O)c1OC)C[C@@H](Cc1cc[nH]c1)[C@H](O)[C@@H]1C(=O)[C@](c2cc(O)cc(C4(NC)CCCCC4)c2)([C@H]2CSSC[C@H]4CCCC[C@@H]4Oc4cc2ccc4OCO)[C@@H](O)C[C@H]1CSS[C@H]3CO. The van der Waals surface area contributed by atoms with Crippen molar-refractivity contribution in [1.29, 1.82) is 0 Å². The summed E-state index contributed by atoms with van der Waals surface area (Å²) in [5.74, 6) is -0.0992. The number of aliphatic hydroxyl groups is 4. The van der Waals surface area contributed by atoms with Crippen LogP contribution in [0.3, 0.4) is 0 Å². The molecule has 12 nitrogen and oxygen atoms in total. The molecule has 2 bridgehead atoms. The van der Waals surface area contributed by atoms with Gasteiger partial charge < -0.3 is 55.2 Å². The van der Waals surface area contributed by atoms with Crippen LogP contribution < -0.4 is 19.5 Å². The molecule has 82 heavy (non-hydrogen) atoms. The van der Waals surface area contributed by atoms with E-state index in [2.05, 4.69) is 47.6 Å². The Bertz CT molecular complexity index is 3190. The van der Waals surface area contributed by atoms with Gasteiger partial charge in [-0.05, 0) is 168 Å². The van der Waals surface area contributed by atoms with Crippen LogP contribution in [0.5, 0.6) is 28.7 Å². The van der Waals surface area contributed by atoms with Crippen molar-refractivity contribution in [2.45, 2.75) is 137 Å². The molecule has 0 radical (unpaired) electrons. The number of phenolic OH excluding ortho intramolecular Hbond substituents is 2. The first kappa shape index (κ1) is 59.2. The molecule has 6 aromatic rings. The highest BCUT2D eigenvalue weighted by atomic mass is 33.1. The quantitative estimate of drug-likeness (QED) is 0.0451. The highest BCUT2D eigenvalue weighted by Gasteiger charge is 2.62. The summed E-state index contributed by atoms with van der Waals surface area (Å²) < 4.78 is 19.0. The number of H-pyrrole nitrogens is 1. The number of aliphatic hydroxyl groups excluding tert-OH is 4. The molecule has 3 saturated carbocycles. The molecule has 2 aliphatic heterocycles. The monoisotopic (exact) mass is 1190 g/mol. The van der Waals surface area contributed by atoms with Gasteiger partial charge in [-0.1, -0.05) is 124 Å². The Morgan fingerprint density at radius 2 is 1.65 bits per heavy atom. The van der Waals surface area contributed by atoms with Crippen molar-refractivity contribution in [2.24, 2.45) is 23.7 Å². The van der Waals surface area contributed by atoms with Crippen LogP contribution in [0, 0.1) is 23.7 Å². The highest BCUT2D eigenvalue weighted by Crippen LogP contribution is 2.58. The summed E-state index contributed by atoms with van der Waals surface area (Å²) in [6.07, 6.45) is 11.9.